The number of pyridine rings is 1. The van der Waals surface area contributed by atoms with E-state index in [0.29, 0.717) is 0 Å². The fourth-order valence-electron chi connectivity index (χ4n) is 0.277. The molecule has 1 radical (unpaired) electrons. The first-order valence-electron chi connectivity index (χ1n) is 1.76. The van der Waals surface area contributed by atoms with Crippen LogP contribution in [0.25, 0.3) is 0 Å². The van der Waals surface area contributed by atoms with Gasteiger partial charge in [-0.1, -0.05) is 12.4 Å². The Balaban J connectivity index is 0.000000360. The second kappa shape index (κ2) is 3.91. The fourth-order valence-corrected chi connectivity index (χ4v) is 0.277. The fraction of sp³-hybridized carbons (Fsp3) is 0. The third-order valence-corrected chi connectivity index (χ3v) is 0.514. The van der Waals surface area contributed by atoms with Crippen LogP contribution in [0.1, 0.15) is 0 Å². The largest absolute Gasteiger partial charge is 2.00 e. The Labute approximate surface area is 54.7 Å². The van der Waals surface area contributed by atoms with Crippen molar-refractivity contribution in [3.05, 3.63) is 30.6 Å². The molecular formula is C5H4NV+. The van der Waals surface area contributed by atoms with Crippen LogP contribution < -0.4 is 0 Å². The molecule has 1 aromatic heterocycles. The molecule has 0 atom stereocenters. The number of hydrogen-bond donors (Lipinski definition) is 0. The van der Waals surface area contributed by atoms with Crippen molar-refractivity contribution in [1.29, 1.82) is 0 Å². The zero-order valence-corrected chi connectivity index (χ0v) is 5.10. The topological polar surface area (TPSA) is 12.9 Å². The molecule has 0 amide bonds. The Morgan fingerprint density at radius 2 is 1.71 bits per heavy atom. The van der Waals surface area contributed by atoms with Crippen LogP contribution in [-0.4, -0.2) is 4.98 Å². The van der Waals surface area contributed by atoms with Gasteiger partial charge in [-0.05, 0) is 0 Å². The Morgan fingerprint density at radius 1 is 1.14 bits per heavy atom. The van der Waals surface area contributed by atoms with Crippen molar-refractivity contribution in [2.75, 3.05) is 0 Å². The molecule has 7 heavy (non-hydrogen) atoms. The summed E-state index contributed by atoms with van der Waals surface area (Å²) in [5.41, 5.74) is 0. The molecule has 1 aromatic rings. The number of hydrogen-bond acceptors (Lipinski definition) is 1. The summed E-state index contributed by atoms with van der Waals surface area (Å²) >= 11 is 0. The predicted octanol–water partition coefficient (Wildman–Crippen LogP) is 0.879. The van der Waals surface area contributed by atoms with Gasteiger partial charge in [-0.25, -0.2) is 0 Å². The average Bonchev–Trinajstić information content (AvgIpc) is 1.72. The molecule has 2 heteroatoms. The SMILES string of the molecule is [V+2].[c-]1ccncc1. The van der Waals surface area contributed by atoms with Gasteiger partial charge in [0.1, 0.15) is 0 Å². The monoisotopic (exact) mass is 129 g/mol. The van der Waals surface area contributed by atoms with Crippen LogP contribution in [0.5, 0.6) is 0 Å². The van der Waals surface area contributed by atoms with Crippen LogP contribution >= 0.6 is 0 Å². The molecule has 0 bridgehead atoms. The second-order valence-electron chi connectivity index (χ2n) is 0.947. The van der Waals surface area contributed by atoms with Crippen molar-refractivity contribution in [1.82, 2.24) is 4.98 Å². The Morgan fingerprint density at radius 3 is 1.86 bits per heavy atom. The zero-order valence-electron chi connectivity index (χ0n) is 3.70. The summed E-state index contributed by atoms with van der Waals surface area (Å²) in [5, 5.41) is 0. The first-order chi connectivity index (χ1) is 3.00. The van der Waals surface area contributed by atoms with Crippen molar-refractivity contribution >= 4 is 0 Å². The van der Waals surface area contributed by atoms with E-state index in [1.54, 1.807) is 24.5 Å². The molecule has 0 unspecified atom stereocenters. The minimum absolute atomic E-state index is 0. The van der Waals surface area contributed by atoms with Crippen LogP contribution in [0.4, 0.5) is 0 Å². The summed E-state index contributed by atoms with van der Waals surface area (Å²) in [5.74, 6) is 0. The van der Waals surface area contributed by atoms with E-state index in [2.05, 4.69) is 11.1 Å². The number of aromatic nitrogens is 1. The van der Waals surface area contributed by atoms with Crippen molar-refractivity contribution in [3.63, 3.8) is 0 Å². The van der Waals surface area contributed by atoms with E-state index < -0.39 is 0 Å². The van der Waals surface area contributed by atoms with Gasteiger partial charge in [0.2, 0.25) is 0 Å². The molecule has 0 aliphatic heterocycles. The van der Waals surface area contributed by atoms with E-state index in [4.69, 9.17) is 0 Å². The normalized spacial score (nSPS) is 6.86. The first-order valence-corrected chi connectivity index (χ1v) is 1.76. The molecule has 1 rings (SSSR count). The summed E-state index contributed by atoms with van der Waals surface area (Å²) < 4.78 is 0. The Hall–Kier alpha value is -0.266. The van der Waals surface area contributed by atoms with Crippen molar-refractivity contribution in [2.24, 2.45) is 0 Å². The van der Waals surface area contributed by atoms with Gasteiger partial charge < -0.3 is 4.98 Å². The van der Waals surface area contributed by atoms with E-state index in [1.807, 2.05) is 0 Å². The van der Waals surface area contributed by atoms with E-state index in [0.717, 1.165) is 0 Å². The standard InChI is InChI=1S/C5H4N.V/c1-2-4-6-5-3-1;/h2-5H;/q-1;+2. The molecule has 1 nitrogen and oxygen atoms in total. The molecule has 0 saturated carbocycles. The van der Waals surface area contributed by atoms with Gasteiger partial charge in [0.15, 0.2) is 0 Å². The van der Waals surface area contributed by atoms with Gasteiger partial charge in [-0.3, -0.25) is 0 Å². The van der Waals surface area contributed by atoms with Gasteiger partial charge in [0.25, 0.3) is 0 Å². The summed E-state index contributed by atoms with van der Waals surface area (Å²) in [6.45, 7) is 0. The van der Waals surface area contributed by atoms with Gasteiger partial charge >= 0.3 is 18.6 Å². The average molecular weight is 129 g/mol. The van der Waals surface area contributed by atoms with Gasteiger partial charge in [0, 0.05) is 0 Å². The molecular weight excluding hydrogens is 125 g/mol. The molecule has 0 aromatic carbocycles. The maximum Gasteiger partial charge on any atom is 2.00 e. The van der Waals surface area contributed by atoms with E-state index in [9.17, 15) is 0 Å². The van der Waals surface area contributed by atoms with Crippen LogP contribution in [-0.2, 0) is 18.6 Å². The third-order valence-electron chi connectivity index (χ3n) is 0.514. The minimum atomic E-state index is 0. The van der Waals surface area contributed by atoms with E-state index >= 15 is 0 Å². The van der Waals surface area contributed by atoms with Crippen LogP contribution in [0, 0.1) is 6.07 Å². The van der Waals surface area contributed by atoms with Crippen molar-refractivity contribution in [3.8, 4) is 0 Å². The van der Waals surface area contributed by atoms with Crippen LogP contribution in [0.15, 0.2) is 24.5 Å². The minimum Gasteiger partial charge on any atom is -0.391 e. The number of rotatable bonds is 0. The quantitative estimate of drug-likeness (QED) is 0.474. The maximum atomic E-state index is 3.75. The molecule has 0 N–H and O–H groups in total. The molecule has 0 spiro atoms. The second-order valence-corrected chi connectivity index (χ2v) is 0.947. The van der Waals surface area contributed by atoms with Gasteiger partial charge in [-0.2, -0.15) is 18.2 Å². The molecule has 1 heterocycles. The summed E-state index contributed by atoms with van der Waals surface area (Å²) in [6.07, 6.45) is 3.39. The van der Waals surface area contributed by atoms with Crippen molar-refractivity contribution < 1.29 is 18.6 Å². The van der Waals surface area contributed by atoms with Crippen molar-refractivity contribution in [2.45, 2.75) is 0 Å². The summed E-state index contributed by atoms with van der Waals surface area (Å²) in [7, 11) is 0. The summed E-state index contributed by atoms with van der Waals surface area (Å²) in [6, 6.07) is 6.36. The van der Waals surface area contributed by atoms with E-state index in [1.165, 1.54) is 0 Å². The first kappa shape index (κ1) is 6.73. The molecule has 33 valence electrons. The Kier molecular flexibility index (Phi) is 3.76. The molecule has 0 aliphatic rings. The predicted molar refractivity (Wildman–Crippen MR) is 23.1 cm³/mol. The van der Waals surface area contributed by atoms with E-state index in [-0.39, 0.29) is 18.6 Å². The molecule has 0 fully saturated rings. The smallest absolute Gasteiger partial charge is 0.391 e. The van der Waals surface area contributed by atoms with Gasteiger partial charge in [-0.15, -0.1) is 0 Å². The zero-order chi connectivity index (χ0) is 4.24. The number of nitrogens with zero attached hydrogens (tertiary/aromatic N) is 1. The molecule has 0 aliphatic carbocycles. The Bertz CT molecular complexity index is 80.0. The van der Waals surface area contributed by atoms with Crippen LogP contribution in [0.3, 0.4) is 0 Å². The van der Waals surface area contributed by atoms with Gasteiger partial charge in [0.05, 0.1) is 0 Å². The van der Waals surface area contributed by atoms with Crippen LogP contribution in [0.2, 0.25) is 0 Å². The summed E-state index contributed by atoms with van der Waals surface area (Å²) in [4.78, 5) is 3.75. The molecule has 0 saturated heterocycles. The third kappa shape index (κ3) is 2.43. The maximum absolute atomic E-state index is 3.75.